The van der Waals surface area contributed by atoms with Crippen LogP contribution in [0.25, 0.3) is 0 Å². The molecule has 3 N–H and O–H groups in total. The van der Waals surface area contributed by atoms with Crippen molar-refractivity contribution in [2.45, 2.75) is 114 Å². The van der Waals surface area contributed by atoms with E-state index in [1.54, 1.807) is 24.3 Å². The highest BCUT2D eigenvalue weighted by Gasteiger charge is 2.46. The second-order valence-electron chi connectivity index (χ2n) is 13.8. The summed E-state index contributed by atoms with van der Waals surface area (Å²) >= 11 is 12.5. The number of benzene rings is 2. The molecule has 0 aromatic heterocycles. The number of carbonyl (C=O) groups excluding carboxylic acids is 4. The molecule has 5 rings (SSSR count). The number of amides is 3. The zero-order chi connectivity index (χ0) is 34.1. The standard InChI is InChI=1S/C37H47Cl2N3O6/c1-47-35(45)31(22-27-23-37(42-33(27)43)16-6-3-7-17-37)40-34(44)30(19-24-10-4-2-5-11-24)41-36(46)48-32(26-13-9-15-29(39)21-26)20-25-12-8-14-28(38)18-25/h8-9,12-15,18,21,24,27,30-32H,2-7,10-11,16-17,19-20,22-23H2,1H3,(H,40,44)(H,41,46)(H,42,43)/t27?,30-,31?,32?/m0/s1. The van der Waals surface area contributed by atoms with Gasteiger partial charge in [-0.1, -0.05) is 98.8 Å². The quantitative estimate of drug-likeness (QED) is 0.201. The molecular weight excluding hydrogens is 653 g/mol. The third kappa shape index (κ3) is 9.88. The maximum absolute atomic E-state index is 13.9. The van der Waals surface area contributed by atoms with Crippen molar-refractivity contribution in [1.82, 2.24) is 16.0 Å². The van der Waals surface area contributed by atoms with E-state index >= 15 is 0 Å². The van der Waals surface area contributed by atoms with Crippen molar-refractivity contribution < 1.29 is 28.7 Å². The van der Waals surface area contributed by atoms with Gasteiger partial charge in [-0.2, -0.15) is 0 Å². The molecule has 1 aliphatic heterocycles. The number of hydrogen-bond donors (Lipinski definition) is 3. The van der Waals surface area contributed by atoms with E-state index in [0.29, 0.717) is 34.9 Å². The number of carbonyl (C=O) groups is 4. The lowest BCUT2D eigenvalue weighted by Gasteiger charge is -2.33. The van der Waals surface area contributed by atoms with Crippen LogP contribution in [-0.2, 0) is 30.3 Å². The molecule has 3 amide bonds. The number of ether oxygens (including phenoxy) is 2. The van der Waals surface area contributed by atoms with Crippen LogP contribution < -0.4 is 16.0 Å². The number of rotatable bonds is 12. The molecule has 0 bridgehead atoms. The van der Waals surface area contributed by atoms with E-state index in [4.69, 9.17) is 32.7 Å². The molecule has 1 saturated heterocycles. The molecule has 3 aliphatic rings. The summed E-state index contributed by atoms with van der Waals surface area (Å²) in [6, 6.07) is 12.4. The van der Waals surface area contributed by atoms with Gasteiger partial charge in [0.15, 0.2) is 0 Å². The number of methoxy groups -OCH3 is 1. The Bertz CT molecular complexity index is 1440. The van der Waals surface area contributed by atoms with E-state index in [1.165, 1.54) is 7.11 Å². The van der Waals surface area contributed by atoms with Gasteiger partial charge in [0.05, 0.1) is 7.11 Å². The van der Waals surface area contributed by atoms with Crippen LogP contribution in [0.15, 0.2) is 48.5 Å². The molecular formula is C37H47Cl2N3O6. The molecule has 260 valence electrons. The Morgan fingerprint density at radius 3 is 2.27 bits per heavy atom. The van der Waals surface area contributed by atoms with E-state index < -0.39 is 42.1 Å². The maximum Gasteiger partial charge on any atom is 0.408 e. The van der Waals surface area contributed by atoms with Crippen LogP contribution in [-0.4, -0.2) is 48.6 Å². The first-order chi connectivity index (χ1) is 23.1. The molecule has 0 radical (unpaired) electrons. The number of esters is 1. The van der Waals surface area contributed by atoms with Crippen molar-refractivity contribution in [3.63, 3.8) is 0 Å². The molecule has 2 aliphatic carbocycles. The summed E-state index contributed by atoms with van der Waals surface area (Å²) in [6.45, 7) is 0. The highest BCUT2D eigenvalue weighted by atomic mass is 35.5. The van der Waals surface area contributed by atoms with Crippen molar-refractivity contribution in [2.75, 3.05) is 7.11 Å². The highest BCUT2D eigenvalue weighted by Crippen LogP contribution is 2.39. The first kappa shape index (κ1) is 36.0. The first-order valence-corrected chi connectivity index (χ1v) is 18.1. The monoisotopic (exact) mass is 699 g/mol. The van der Waals surface area contributed by atoms with Crippen molar-refractivity contribution in [2.24, 2.45) is 11.8 Å². The van der Waals surface area contributed by atoms with Gasteiger partial charge >= 0.3 is 12.1 Å². The van der Waals surface area contributed by atoms with Crippen molar-refractivity contribution in [3.05, 3.63) is 69.7 Å². The molecule has 48 heavy (non-hydrogen) atoms. The van der Waals surface area contributed by atoms with E-state index in [0.717, 1.165) is 69.8 Å². The zero-order valence-electron chi connectivity index (χ0n) is 27.6. The normalized spacial score (nSPS) is 21.1. The van der Waals surface area contributed by atoms with Crippen LogP contribution >= 0.6 is 23.2 Å². The number of hydrogen-bond acceptors (Lipinski definition) is 6. The van der Waals surface area contributed by atoms with Gasteiger partial charge in [0, 0.05) is 27.9 Å². The van der Waals surface area contributed by atoms with Crippen molar-refractivity contribution in [3.8, 4) is 0 Å². The van der Waals surface area contributed by atoms with Crippen molar-refractivity contribution >= 4 is 47.1 Å². The van der Waals surface area contributed by atoms with Gasteiger partial charge in [-0.3, -0.25) is 9.59 Å². The van der Waals surface area contributed by atoms with E-state index in [2.05, 4.69) is 16.0 Å². The van der Waals surface area contributed by atoms with E-state index in [1.807, 2.05) is 24.3 Å². The zero-order valence-corrected chi connectivity index (χ0v) is 29.1. The second-order valence-corrected chi connectivity index (χ2v) is 14.6. The predicted octanol–water partition coefficient (Wildman–Crippen LogP) is 7.23. The van der Waals surface area contributed by atoms with Gasteiger partial charge in [-0.05, 0) is 73.4 Å². The lowest BCUT2D eigenvalue weighted by molar-refractivity contribution is -0.146. The third-order valence-corrected chi connectivity index (χ3v) is 10.7. The smallest absolute Gasteiger partial charge is 0.408 e. The lowest BCUT2D eigenvalue weighted by atomic mass is 9.78. The molecule has 2 aromatic rings. The van der Waals surface area contributed by atoms with Crippen LogP contribution in [0.1, 0.15) is 101 Å². The predicted molar refractivity (Wildman–Crippen MR) is 185 cm³/mol. The Balaban J connectivity index is 1.31. The molecule has 3 fully saturated rings. The molecule has 2 aromatic carbocycles. The summed E-state index contributed by atoms with van der Waals surface area (Å²) < 4.78 is 11.1. The molecule has 9 nitrogen and oxygen atoms in total. The Hall–Kier alpha value is -3.30. The van der Waals surface area contributed by atoms with E-state index in [9.17, 15) is 19.2 Å². The van der Waals surface area contributed by atoms with Crippen LogP contribution in [0.4, 0.5) is 4.79 Å². The largest absolute Gasteiger partial charge is 0.467 e. The number of nitrogens with one attached hydrogen (secondary N) is 3. The second kappa shape index (κ2) is 16.9. The summed E-state index contributed by atoms with van der Waals surface area (Å²) in [5.41, 5.74) is 1.33. The van der Waals surface area contributed by atoms with Crippen LogP contribution in [0.5, 0.6) is 0 Å². The minimum Gasteiger partial charge on any atom is -0.467 e. The van der Waals surface area contributed by atoms with Crippen molar-refractivity contribution in [1.29, 1.82) is 0 Å². The topological polar surface area (TPSA) is 123 Å². The van der Waals surface area contributed by atoms with Crippen LogP contribution in [0.2, 0.25) is 10.0 Å². The fraction of sp³-hybridized carbons (Fsp3) is 0.568. The molecule has 11 heteroatoms. The Morgan fingerprint density at radius 2 is 1.58 bits per heavy atom. The molecule has 4 atom stereocenters. The number of alkyl carbamates (subject to hydrolysis) is 1. The fourth-order valence-electron chi connectivity index (χ4n) is 7.75. The molecule has 2 saturated carbocycles. The first-order valence-electron chi connectivity index (χ1n) is 17.3. The minimum absolute atomic E-state index is 0.0905. The Kier molecular flexibility index (Phi) is 12.7. The molecule has 1 spiro atoms. The Labute approximate surface area is 293 Å². The molecule has 3 unspecified atom stereocenters. The summed E-state index contributed by atoms with van der Waals surface area (Å²) in [4.78, 5) is 53.5. The van der Waals surface area contributed by atoms with Gasteiger partial charge in [-0.25, -0.2) is 9.59 Å². The summed E-state index contributed by atoms with van der Waals surface area (Å²) in [6.07, 6.45) is 10.3. The Morgan fingerprint density at radius 1 is 0.896 bits per heavy atom. The van der Waals surface area contributed by atoms with Gasteiger partial charge in [-0.15, -0.1) is 0 Å². The maximum atomic E-state index is 13.9. The van der Waals surface area contributed by atoms with Gasteiger partial charge < -0.3 is 25.4 Å². The average Bonchev–Trinajstić information content (AvgIpc) is 3.37. The minimum atomic E-state index is -1.04. The third-order valence-electron chi connectivity index (χ3n) is 10.2. The van der Waals surface area contributed by atoms with Gasteiger partial charge in [0.2, 0.25) is 11.8 Å². The summed E-state index contributed by atoms with van der Waals surface area (Å²) in [5.74, 6) is -1.41. The highest BCUT2D eigenvalue weighted by molar-refractivity contribution is 6.30. The van der Waals surface area contributed by atoms with Crippen LogP contribution in [0, 0.1) is 11.8 Å². The van der Waals surface area contributed by atoms with Crippen LogP contribution in [0.3, 0.4) is 0 Å². The molecule has 1 heterocycles. The summed E-state index contributed by atoms with van der Waals surface area (Å²) in [7, 11) is 1.27. The van der Waals surface area contributed by atoms with E-state index in [-0.39, 0.29) is 23.8 Å². The summed E-state index contributed by atoms with van der Waals surface area (Å²) in [5, 5.41) is 9.93. The average molecular weight is 701 g/mol. The number of halogens is 2. The van der Waals surface area contributed by atoms with Gasteiger partial charge in [0.25, 0.3) is 0 Å². The fourth-order valence-corrected chi connectivity index (χ4v) is 8.16. The van der Waals surface area contributed by atoms with Gasteiger partial charge in [0.1, 0.15) is 18.2 Å². The lowest BCUT2D eigenvalue weighted by Crippen LogP contribution is -2.53. The SMILES string of the molecule is COC(=O)C(CC1CC2(CCCCC2)NC1=O)NC(=O)[C@H](CC1CCCCC1)NC(=O)OC(Cc1cccc(Cl)c1)c1cccc(Cl)c1.